The molecular weight excluding hydrogens is 360 g/mol. The van der Waals surface area contributed by atoms with Gasteiger partial charge in [-0.05, 0) is 42.9 Å². The van der Waals surface area contributed by atoms with Gasteiger partial charge in [-0.3, -0.25) is 9.59 Å². The number of piperidine rings is 1. The Hall–Kier alpha value is -1.55. The quantitative estimate of drug-likeness (QED) is 0.713. The van der Waals surface area contributed by atoms with Crippen molar-refractivity contribution in [1.29, 1.82) is 0 Å². The number of carbonyl (C=O) groups excluding carboxylic acids is 2. The summed E-state index contributed by atoms with van der Waals surface area (Å²) in [5.74, 6) is 0.417. The van der Waals surface area contributed by atoms with Crippen molar-refractivity contribution < 1.29 is 9.59 Å². The number of halogens is 1. The molecule has 0 spiro atoms. The van der Waals surface area contributed by atoms with Crippen molar-refractivity contribution in [2.24, 2.45) is 5.92 Å². The molecule has 146 valence electrons. The highest BCUT2D eigenvalue weighted by atomic mass is 35.5. The monoisotopic (exact) mass is 388 g/mol. The normalized spacial score (nSPS) is 24.5. The standard InChI is InChI=1S/C22H29ClN2O2/c23-20-9-5-6-16-14-24(13-12-19(16)20)22(27)17-10-11-21(26)25(15-17)18-7-3-1-2-4-8-18/h5-6,9,17-18H,1-4,7-8,10-15H2. The minimum absolute atomic E-state index is 0.0494. The number of rotatable bonds is 2. The third kappa shape index (κ3) is 4.01. The summed E-state index contributed by atoms with van der Waals surface area (Å²) in [6.45, 7) is 1.98. The Morgan fingerprint density at radius 1 is 1.04 bits per heavy atom. The second-order valence-corrected chi connectivity index (χ2v) is 8.72. The Bertz CT molecular complexity index is 712. The van der Waals surface area contributed by atoms with E-state index in [1.54, 1.807) is 0 Å². The zero-order valence-electron chi connectivity index (χ0n) is 16.0. The van der Waals surface area contributed by atoms with Crippen molar-refractivity contribution in [3.8, 4) is 0 Å². The number of nitrogens with zero attached hydrogens (tertiary/aromatic N) is 2. The van der Waals surface area contributed by atoms with Crippen molar-refractivity contribution >= 4 is 23.4 Å². The number of fused-ring (bicyclic) bond motifs is 1. The van der Waals surface area contributed by atoms with Crippen LogP contribution in [0, 0.1) is 5.92 Å². The lowest BCUT2D eigenvalue weighted by Crippen LogP contribution is -2.51. The van der Waals surface area contributed by atoms with Crippen LogP contribution < -0.4 is 0 Å². The third-order valence-electron chi connectivity index (χ3n) is 6.58. The molecule has 2 heterocycles. The van der Waals surface area contributed by atoms with Crippen LogP contribution in [-0.4, -0.2) is 40.7 Å². The smallest absolute Gasteiger partial charge is 0.227 e. The topological polar surface area (TPSA) is 40.6 Å². The Labute approximate surface area is 166 Å². The highest BCUT2D eigenvalue weighted by Gasteiger charge is 2.36. The highest BCUT2D eigenvalue weighted by molar-refractivity contribution is 6.31. The van der Waals surface area contributed by atoms with Crippen LogP contribution in [0.2, 0.25) is 5.02 Å². The van der Waals surface area contributed by atoms with E-state index in [0.717, 1.165) is 36.4 Å². The van der Waals surface area contributed by atoms with Crippen LogP contribution in [0.1, 0.15) is 62.5 Å². The molecule has 3 aliphatic rings. The lowest BCUT2D eigenvalue weighted by atomic mass is 9.91. The van der Waals surface area contributed by atoms with Crippen LogP contribution in [0.3, 0.4) is 0 Å². The van der Waals surface area contributed by atoms with Crippen LogP contribution in [-0.2, 0) is 22.6 Å². The van der Waals surface area contributed by atoms with Crippen molar-refractivity contribution in [2.75, 3.05) is 13.1 Å². The van der Waals surface area contributed by atoms with Crippen LogP contribution in [0.25, 0.3) is 0 Å². The van der Waals surface area contributed by atoms with Gasteiger partial charge in [-0.1, -0.05) is 49.4 Å². The minimum Gasteiger partial charge on any atom is -0.339 e. The number of likely N-dealkylation sites (tertiary alicyclic amines) is 1. The van der Waals surface area contributed by atoms with Gasteiger partial charge in [-0.15, -0.1) is 0 Å². The van der Waals surface area contributed by atoms with Gasteiger partial charge in [0.05, 0.1) is 5.92 Å². The maximum atomic E-state index is 13.2. The Morgan fingerprint density at radius 2 is 1.81 bits per heavy atom. The summed E-state index contributed by atoms with van der Waals surface area (Å²) in [6.07, 6.45) is 9.19. The average Bonchev–Trinajstić information content (AvgIpc) is 2.97. The summed E-state index contributed by atoms with van der Waals surface area (Å²) in [5.41, 5.74) is 2.34. The van der Waals surface area contributed by atoms with Gasteiger partial charge in [0, 0.05) is 37.1 Å². The van der Waals surface area contributed by atoms with Gasteiger partial charge in [0.15, 0.2) is 0 Å². The zero-order chi connectivity index (χ0) is 18.8. The third-order valence-corrected chi connectivity index (χ3v) is 6.93. The molecule has 1 aromatic rings. The molecule has 2 fully saturated rings. The van der Waals surface area contributed by atoms with Gasteiger partial charge >= 0.3 is 0 Å². The first-order valence-electron chi connectivity index (χ1n) is 10.5. The van der Waals surface area contributed by atoms with Gasteiger partial charge in [0.2, 0.25) is 11.8 Å². The number of hydrogen-bond acceptors (Lipinski definition) is 2. The summed E-state index contributed by atoms with van der Waals surface area (Å²) >= 11 is 6.31. The molecule has 0 radical (unpaired) electrons. The summed E-state index contributed by atoms with van der Waals surface area (Å²) in [7, 11) is 0. The van der Waals surface area contributed by atoms with Gasteiger partial charge in [0.25, 0.3) is 0 Å². The van der Waals surface area contributed by atoms with Gasteiger partial charge in [-0.25, -0.2) is 0 Å². The molecule has 4 nitrogen and oxygen atoms in total. The molecule has 1 unspecified atom stereocenters. The average molecular weight is 389 g/mol. The lowest BCUT2D eigenvalue weighted by molar-refractivity contribution is -0.145. The van der Waals surface area contributed by atoms with Crippen molar-refractivity contribution in [2.45, 2.75) is 70.4 Å². The van der Waals surface area contributed by atoms with E-state index < -0.39 is 0 Å². The molecule has 27 heavy (non-hydrogen) atoms. The molecule has 2 amide bonds. The Balaban J connectivity index is 1.43. The second kappa shape index (κ2) is 8.22. The van der Waals surface area contributed by atoms with E-state index in [1.165, 1.54) is 31.2 Å². The van der Waals surface area contributed by atoms with Gasteiger partial charge in [0.1, 0.15) is 0 Å². The maximum absolute atomic E-state index is 13.2. The molecule has 0 aromatic heterocycles. The number of hydrogen-bond donors (Lipinski definition) is 0. The summed E-state index contributed by atoms with van der Waals surface area (Å²) < 4.78 is 0. The van der Waals surface area contributed by atoms with E-state index in [1.807, 2.05) is 21.9 Å². The first kappa shape index (κ1) is 18.8. The van der Waals surface area contributed by atoms with Crippen molar-refractivity contribution in [1.82, 2.24) is 9.80 Å². The molecule has 5 heteroatoms. The molecule has 2 aliphatic heterocycles. The highest BCUT2D eigenvalue weighted by Crippen LogP contribution is 2.30. The maximum Gasteiger partial charge on any atom is 0.227 e. The summed E-state index contributed by atoms with van der Waals surface area (Å²) in [5, 5.41) is 0.808. The first-order valence-corrected chi connectivity index (χ1v) is 10.9. The first-order chi connectivity index (χ1) is 13.1. The van der Waals surface area contributed by atoms with E-state index in [0.29, 0.717) is 32.0 Å². The zero-order valence-corrected chi connectivity index (χ0v) is 16.7. The number of amides is 2. The van der Waals surface area contributed by atoms with Gasteiger partial charge in [-0.2, -0.15) is 0 Å². The summed E-state index contributed by atoms with van der Waals surface area (Å²) in [6, 6.07) is 6.30. The van der Waals surface area contributed by atoms with Gasteiger partial charge < -0.3 is 9.80 Å². The predicted octanol–water partition coefficient (Wildman–Crippen LogP) is 4.19. The minimum atomic E-state index is -0.0494. The fourth-order valence-corrected chi connectivity index (χ4v) is 5.29. The lowest BCUT2D eigenvalue weighted by Gasteiger charge is -2.40. The van der Waals surface area contributed by atoms with Crippen molar-refractivity contribution in [3.05, 3.63) is 34.3 Å². The van der Waals surface area contributed by atoms with Crippen LogP contribution in [0.15, 0.2) is 18.2 Å². The number of carbonyl (C=O) groups is 2. The van der Waals surface area contributed by atoms with E-state index in [-0.39, 0.29) is 17.7 Å². The summed E-state index contributed by atoms with van der Waals surface area (Å²) in [4.78, 5) is 29.8. The molecule has 1 atom stereocenters. The predicted molar refractivity (Wildman–Crippen MR) is 107 cm³/mol. The molecule has 1 saturated carbocycles. The van der Waals surface area contributed by atoms with E-state index in [9.17, 15) is 9.59 Å². The fraction of sp³-hybridized carbons (Fsp3) is 0.636. The van der Waals surface area contributed by atoms with Crippen LogP contribution >= 0.6 is 11.6 Å². The molecular formula is C22H29ClN2O2. The Kier molecular flexibility index (Phi) is 5.72. The Morgan fingerprint density at radius 3 is 2.59 bits per heavy atom. The molecule has 4 rings (SSSR count). The van der Waals surface area contributed by atoms with E-state index in [2.05, 4.69) is 6.07 Å². The molecule has 0 bridgehead atoms. The van der Waals surface area contributed by atoms with Crippen LogP contribution in [0.5, 0.6) is 0 Å². The van der Waals surface area contributed by atoms with E-state index in [4.69, 9.17) is 11.6 Å². The SMILES string of the molecule is O=C(C1CCC(=O)N(C2CCCCCC2)C1)N1CCc2c(Cl)cccc2C1. The largest absolute Gasteiger partial charge is 0.339 e. The molecule has 1 saturated heterocycles. The van der Waals surface area contributed by atoms with E-state index >= 15 is 0 Å². The fourth-order valence-electron chi connectivity index (χ4n) is 5.00. The molecule has 1 aliphatic carbocycles. The van der Waals surface area contributed by atoms with Crippen molar-refractivity contribution in [3.63, 3.8) is 0 Å². The number of benzene rings is 1. The van der Waals surface area contributed by atoms with Crippen LogP contribution in [0.4, 0.5) is 0 Å². The molecule has 0 N–H and O–H groups in total. The molecule has 1 aromatic carbocycles. The second-order valence-electron chi connectivity index (χ2n) is 8.31.